The molecule has 0 radical (unpaired) electrons. The normalized spacial score (nSPS) is 11.1. The predicted molar refractivity (Wildman–Crippen MR) is 123 cm³/mol. The number of nitrogens with one attached hydrogen (secondary N) is 2. The summed E-state index contributed by atoms with van der Waals surface area (Å²) in [6.45, 7) is -0.312. The molecule has 0 unspecified atom stereocenters. The number of fused-ring (bicyclic) bond motifs is 3. The third-order valence-electron chi connectivity index (χ3n) is 4.91. The van der Waals surface area contributed by atoms with Crippen molar-refractivity contribution in [1.82, 2.24) is 9.55 Å². The lowest BCUT2D eigenvalue weighted by atomic mass is 10.2. The molecule has 9 nitrogen and oxygen atoms in total. The van der Waals surface area contributed by atoms with Gasteiger partial charge in [-0.15, -0.1) is 0 Å². The number of carbonyl (C=O) groups excluding carboxylic acids is 2. The number of furan rings is 2. The van der Waals surface area contributed by atoms with Gasteiger partial charge >= 0.3 is 0 Å². The van der Waals surface area contributed by atoms with Crippen LogP contribution in [0.25, 0.3) is 22.1 Å². The van der Waals surface area contributed by atoms with Crippen LogP contribution in [0.1, 0.15) is 10.6 Å². The van der Waals surface area contributed by atoms with Gasteiger partial charge in [0, 0.05) is 10.4 Å². The summed E-state index contributed by atoms with van der Waals surface area (Å²) >= 11 is 6.05. The number of halogens is 1. The third-order valence-corrected chi connectivity index (χ3v) is 5.15. The van der Waals surface area contributed by atoms with E-state index in [2.05, 4.69) is 15.6 Å². The Balaban J connectivity index is 1.39. The van der Waals surface area contributed by atoms with E-state index in [-0.39, 0.29) is 23.6 Å². The second-order valence-electron chi connectivity index (χ2n) is 7.12. The Morgan fingerprint density at radius 3 is 2.70 bits per heavy atom. The lowest BCUT2D eigenvalue weighted by molar-refractivity contribution is -0.116. The molecule has 164 valence electrons. The van der Waals surface area contributed by atoms with E-state index in [1.165, 1.54) is 24.7 Å². The van der Waals surface area contributed by atoms with Gasteiger partial charge < -0.3 is 19.5 Å². The van der Waals surface area contributed by atoms with Gasteiger partial charge in [0.1, 0.15) is 17.6 Å². The van der Waals surface area contributed by atoms with Crippen LogP contribution in [-0.2, 0) is 11.3 Å². The first-order chi connectivity index (χ1) is 16.0. The molecule has 5 rings (SSSR count). The Kier molecular flexibility index (Phi) is 5.15. The molecule has 0 bridgehead atoms. The zero-order valence-electron chi connectivity index (χ0n) is 16.9. The van der Waals surface area contributed by atoms with Gasteiger partial charge in [-0.05, 0) is 42.5 Å². The molecule has 0 aliphatic heterocycles. The summed E-state index contributed by atoms with van der Waals surface area (Å²) in [6, 6.07) is 14.9. The number of para-hydroxylation sites is 1. The minimum absolute atomic E-state index is 0.0735. The fraction of sp³-hybridized carbons (Fsp3) is 0.0435. The number of carbonyl (C=O) groups is 2. The standard InChI is InChI=1S/C23H15ClN4O5/c24-13-7-8-15(16(10-13)27-22(30)18-6-3-9-32-18)26-19(29)11-28-12-25-20-14-4-1-2-5-17(14)33-21(20)23(28)31/h1-10,12H,11H2,(H,26,29)(H,27,30). The Labute approximate surface area is 190 Å². The quantitative estimate of drug-likeness (QED) is 0.402. The first kappa shape index (κ1) is 20.5. The fourth-order valence-corrected chi connectivity index (χ4v) is 3.57. The van der Waals surface area contributed by atoms with Gasteiger partial charge in [0.05, 0.1) is 24.0 Å². The van der Waals surface area contributed by atoms with Crippen molar-refractivity contribution >= 4 is 56.9 Å². The molecular formula is C23H15ClN4O5. The number of nitrogens with zero attached hydrogens (tertiary/aromatic N) is 2. The minimum Gasteiger partial charge on any atom is -0.459 e. The van der Waals surface area contributed by atoms with Crippen LogP contribution in [0.2, 0.25) is 5.02 Å². The number of aromatic nitrogens is 2. The molecule has 0 atom stereocenters. The van der Waals surface area contributed by atoms with E-state index in [0.29, 0.717) is 21.8 Å². The van der Waals surface area contributed by atoms with Gasteiger partial charge in [-0.1, -0.05) is 23.7 Å². The number of amides is 2. The van der Waals surface area contributed by atoms with E-state index in [1.54, 1.807) is 30.3 Å². The van der Waals surface area contributed by atoms with Crippen LogP contribution in [0, 0.1) is 0 Å². The topological polar surface area (TPSA) is 119 Å². The van der Waals surface area contributed by atoms with Crippen LogP contribution in [-0.4, -0.2) is 21.4 Å². The van der Waals surface area contributed by atoms with Gasteiger partial charge in [-0.3, -0.25) is 19.0 Å². The third kappa shape index (κ3) is 3.97. The second kappa shape index (κ2) is 8.29. The van der Waals surface area contributed by atoms with Crippen LogP contribution in [0.3, 0.4) is 0 Å². The van der Waals surface area contributed by atoms with Crippen LogP contribution < -0.4 is 16.2 Å². The zero-order chi connectivity index (χ0) is 22.9. The monoisotopic (exact) mass is 462 g/mol. The number of hydrogen-bond acceptors (Lipinski definition) is 6. The van der Waals surface area contributed by atoms with E-state index < -0.39 is 17.4 Å². The van der Waals surface area contributed by atoms with Crippen molar-refractivity contribution in [3.63, 3.8) is 0 Å². The van der Waals surface area contributed by atoms with Gasteiger partial charge in [0.25, 0.3) is 11.5 Å². The molecule has 2 amide bonds. The lowest BCUT2D eigenvalue weighted by Gasteiger charge is -2.13. The highest BCUT2D eigenvalue weighted by Crippen LogP contribution is 2.27. The maximum absolute atomic E-state index is 12.8. The van der Waals surface area contributed by atoms with Gasteiger partial charge in [0.2, 0.25) is 11.5 Å². The lowest BCUT2D eigenvalue weighted by Crippen LogP contribution is -2.28. The van der Waals surface area contributed by atoms with Crippen LogP contribution in [0.15, 0.2) is 80.8 Å². The first-order valence-corrected chi connectivity index (χ1v) is 10.2. The zero-order valence-corrected chi connectivity index (χ0v) is 17.6. The average molecular weight is 463 g/mol. The van der Waals surface area contributed by atoms with Crippen molar-refractivity contribution in [2.45, 2.75) is 6.54 Å². The fourth-order valence-electron chi connectivity index (χ4n) is 3.39. The molecule has 0 saturated carbocycles. The molecular weight excluding hydrogens is 448 g/mol. The number of hydrogen-bond donors (Lipinski definition) is 2. The predicted octanol–water partition coefficient (Wildman–Crippen LogP) is 4.28. The Bertz CT molecular complexity index is 1570. The number of anilines is 2. The van der Waals surface area contributed by atoms with Crippen molar-refractivity contribution in [3.05, 3.63) is 88.3 Å². The molecule has 0 saturated heterocycles. The van der Waals surface area contributed by atoms with Gasteiger partial charge in [0.15, 0.2) is 5.76 Å². The van der Waals surface area contributed by atoms with Crippen molar-refractivity contribution in [3.8, 4) is 0 Å². The molecule has 0 fully saturated rings. The summed E-state index contributed by atoms with van der Waals surface area (Å²) in [4.78, 5) is 42.2. The highest BCUT2D eigenvalue weighted by Gasteiger charge is 2.17. The molecule has 5 aromatic rings. The smallest absolute Gasteiger partial charge is 0.297 e. The molecule has 33 heavy (non-hydrogen) atoms. The van der Waals surface area contributed by atoms with Gasteiger partial charge in [-0.25, -0.2) is 4.98 Å². The molecule has 10 heteroatoms. The van der Waals surface area contributed by atoms with E-state index in [0.717, 1.165) is 9.95 Å². The molecule has 2 N–H and O–H groups in total. The number of rotatable bonds is 5. The Hall–Kier alpha value is -4.37. The van der Waals surface area contributed by atoms with Crippen LogP contribution in [0.5, 0.6) is 0 Å². The van der Waals surface area contributed by atoms with Gasteiger partial charge in [-0.2, -0.15) is 0 Å². The highest BCUT2D eigenvalue weighted by atomic mass is 35.5. The summed E-state index contributed by atoms with van der Waals surface area (Å²) in [5.41, 5.74) is 1.15. The van der Waals surface area contributed by atoms with Crippen molar-refractivity contribution in [1.29, 1.82) is 0 Å². The van der Waals surface area contributed by atoms with E-state index >= 15 is 0 Å². The summed E-state index contributed by atoms with van der Waals surface area (Å²) in [5.74, 6) is -0.914. The maximum atomic E-state index is 12.8. The van der Waals surface area contributed by atoms with Crippen molar-refractivity contribution < 1.29 is 18.4 Å². The van der Waals surface area contributed by atoms with Crippen LogP contribution >= 0.6 is 11.6 Å². The minimum atomic E-state index is -0.509. The second-order valence-corrected chi connectivity index (χ2v) is 7.56. The molecule has 0 spiro atoms. The summed E-state index contributed by atoms with van der Waals surface area (Å²) in [6.07, 6.45) is 2.67. The first-order valence-electron chi connectivity index (χ1n) is 9.80. The summed E-state index contributed by atoms with van der Waals surface area (Å²) in [7, 11) is 0. The highest BCUT2D eigenvalue weighted by molar-refractivity contribution is 6.31. The average Bonchev–Trinajstić information content (AvgIpc) is 3.46. The SMILES string of the molecule is O=C(Cn1cnc2c(oc3ccccc32)c1=O)Nc1ccc(Cl)cc1NC(=O)c1ccco1. The number of benzene rings is 2. The van der Waals surface area contributed by atoms with Crippen molar-refractivity contribution in [2.24, 2.45) is 0 Å². The molecule has 2 aromatic carbocycles. The molecule has 0 aliphatic carbocycles. The van der Waals surface area contributed by atoms with Crippen molar-refractivity contribution in [2.75, 3.05) is 10.6 Å². The summed E-state index contributed by atoms with van der Waals surface area (Å²) in [5, 5.41) is 6.40. The molecule has 3 aromatic heterocycles. The molecule has 0 aliphatic rings. The largest absolute Gasteiger partial charge is 0.459 e. The van der Waals surface area contributed by atoms with E-state index in [4.69, 9.17) is 20.4 Å². The Morgan fingerprint density at radius 2 is 1.88 bits per heavy atom. The molecule has 3 heterocycles. The van der Waals surface area contributed by atoms with Crippen LogP contribution in [0.4, 0.5) is 11.4 Å². The van der Waals surface area contributed by atoms with E-state index in [1.807, 2.05) is 12.1 Å². The Morgan fingerprint density at radius 1 is 1.03 bits per heavy atom. The van der Waals surface area contributed by atoms with E-state index in [9.17, 15) is 14.4 Å². The maximum Gasteiger partial charge on any atom is 0.297 e. The summed E-state index contributed by atoms with van der Waals surface area (Å²) < 4.78 is 11.9.